The predicted octanol–water partition coefficient (Wildman–Crippen LogP) is 0.142. The van der Waals surface area contributed by atoms with Gasteiger partial charge >= 0.3 is 0 Å². The lowest BCUT2D eigenvalue weighted by Gasteiger charge is -2.05. The second-order valence-electron chi connectivity index (χ2n) is 1.94. The van der Waals surface area contributed by atoms with Crippen LogP contribution in [0.25, 0.3) is 0 Å². The largest absolute Gasteiger partial charge is 0.306 e. The van der Waals surface area contributed by atoms with Gasteiger partial charge in [-0.05, 0) is 0 Å². The van der Waals surface area contributed by atoms with Gasteiger partial charge in [0.2, 0.25) is 0 Å². The van der Waals surface area contributed by atoms with Gasteiger partial charge in [0, 0.05) is 25.4 Å². The minimum absolute atomic E-state index is 0.311. The van der Waals surface area contributed by atoms with Crippen molar-refractivity contribution in [2.45, 2.75) is 6.42 Å². The van der Waals surface area contributed by atoms with Gasteiger partial charge in [0.1, 0.15) is 0 Å². The Morgan fingerprint density at radius 2 is 2.56 bits per heavy atom. The molecule has 0 spiro atoms. The van der Waals surface area contributed by atoms with E-state index in [0.717, 1.165) is 5.70 Å². The lowest BCUT2D eigenvalue weighted by Crippen LogP contribution is -2.33. The Hall–Kier alpha value is -0.770. The molecule has 0 fully saturated rings. The highest BCUT2D eigenvalue weighted by Gasteiger charge is 2.04. The zero-order valence-electron chi connectivity index (χ0n) is 5.32. The number of nitrogens with zero attached hydrogens (tertiary/aromatic N) is 1. The van der Waals surface area contributed by atoms with Crippen molar-refractivity contribution in [1.82, 2.24) is 16.0 Å². The maximum atomic E-state index is 11.6. The third-order valence-corrected chi connectivity index (χ3v) is 1.11. The average Bonchev–Trinajstić information content (AvgIpc) is 2.17. The zero-order chi connectivity index (χ0) is 6.69. The van der Waals surface area contributed by atoms with Crippen LogP contribution in [-0.4, -0.2) is 18.7 Å². The van der Waals surface area contributed by atoms with Gasteiger partial charge in [0.05, 0.1) is 6.67 Å². The molecule has 1 heterocycles. The molecule has 52 valence electrons. The first-order valence-electron chi connectivity index (χ1n) is 2.84. The first-order chi connectivity index (χ1) is 4.33. The number of alkyl halides is 1. The van der Waals surface area contributed by atoms with Gasteiger partial charge in [-0.15, -0.1) is 5.53 Å². The monoisotopic (exact) mass is 131 g/mol. The van der Waals surface area contributed by atoms with E-state index < -0.39 is 0 Å². The molecule has 0 bridgehead atoms. The van der Waals surface area contributed by atoms with Gasteiger partial charge < -0.3 is 5.43 Å². The molecule has 0 radical (unpaired) electrons. The summed E-state index contributed by atoms with van der Waals surface area (Å²) < 4.78 is 11.6. The fourth-order valence-corrected chi connectivity index (χ4v) is 0.687. The molecule has 1 aliphatic heterocycles. The van der Waals surface area contributed by atoms with Crippen molar-refractivity contribution < 1.29 is 4.39 Å². The molecular weight excluding hydrogens is 121 g/mol. The molecule has 0 aromatic carbocycles. The second kappa shape index (κ2) is 2.68. The van der Waals surface area contributed by atoms with Gasteiger partial charge in [0.15, 0.2) is 0 Å². The number of nitrogens with one attached hydrogen (secondary N) is 2. The van der Waals surface area contributed by atoms with Gasteiger partial charge in [0.25, 0.3) is 0 Å². The van der Waals surface area contributed by atoms with Crippen molar-refractivity contribution in [2.75, 3.05) is 13.7 Å². The van der Waals surface area contributed by atoms with Crippen LogP contribution in [0.3, 0.4) is 0 Å². The summed E-state index contributed by atoms with van der Waals surface area (Å²) in [7, 11) is 1.85. The SMILES string of the molecule is CN1C=C(CCF)NN1. The Morgan fingerprint density at radius 1 is 1.78 bits per heavy atom. The molecule has 0 atom stereocenters. The highest BCUT2D eigenvalue weighted by Crippen LogP contribution is 2.00. The first-order valence-corrected chi connectivity index (χ1v) is 2.84. The van der Waals surface area contributed by atoms with E-state index in [2.05, 4.69) is 11.0 Å². The Labute approximate surface area is 53.5 Å². The minimum atomic E-state index is -0.311. The topological polar surface area (TPSA) is 27.3 Å². The summed E-state index contributed by atoms with van der Waals surface area (Å²) in [6.45, 7) is -0.311. The Morgan fingerprint density at radius 3 is 3.00 bits per heavy atom. The van der Waals surface area contributed by atoms with E-state index in [0.29, 0.717) is 6.42 Å². The molecule has 4 heteroatoms. The van der Waals surface area contributed by atoms with Crippen molar-refractivity contribution in [3.63, 3.8) is 0 Å². The molecule has 1 aliphatic rings. The van der Waals surface area contributed by atoms with Crippen molar-refractivity contribution in [3.05, 3.63) is 11.9 Å². The normalized spacial score (nSPS) is 17.6. The van der Waals surface area contributed by atoms with Crippen LogP contribution in [0.2, 0.25) is 0 Å². The Bertz CT molecular complexity index is 123. The predicted molar refractivity (Wildman–Crippen MR) is 32.7 cm³/mol. The van der Waals surface area contributed by atoms with Crippen molar-refractivity contribution in [1.29, 1.82) is 0 Å². The van der Waals surface area contributed by atoms with Crippen LogP contribution in [-0.2, 0) is 0 Å². The molecule has 0 saturated heterocycles. The van der Waals surface area contributed by atoms with E-state index in [1.165, 1.54) is 0 Å². The zero-order valence-corrected chi connectivity index (χ0v) is 5.32. The van der Waals surface area contributed by atoms with Crippen LogP contribution in [0, 0.1) is 0 Å². The average molecular weight is 131 g/mol. The summed E-state index contributed by atoms with van der Waals surface area (Å²) in [6.07, 6.45) is 2.27. The molecule has 0 aliphatic carbocycles. The van der Waals surface area contributed by atoms with Gasteiger partial charge in [-0.3, -0.25) is 9.40 Å². The van der Waals surface area contributed by atoms with E-state index in [-0.39, 0.29) is 6.67 Å². The number of halogens is 1. The smallest absolute Gasteiger partial charge is 0.0950 e. The Kier molecular flexibility index (Phi) is 1.89. The number of hydrogen-bond acceptors (Lipinski definition) is 3. The van der Waals surface area contributed by atoms with Crippen LogP contribution in [0.5, 0.6) is 0 Å². The summed E-state index contributed by atoms with van der Waals surface area (Å²) in [6, 6.07) is 0. The lowest BCUT2D eigenvalue weighted by molar-refractivity contribution is 0.325. The molecule has 3 nitrogen and oxygen atoms in total. The Balaban J connectivity index is 2.33. The van der Waals surface area contributed by atoms with Crippen LogP contribution in [0.15, 0.2) is 11.9 Å². The summed E-state index contributed by atoms with van der Waals surface area (Å²) in [5, 5.41) is 1.74. The van der Waals surface area contributed by atoms with Gasteiger partial charge in [-0.1, -0.05) is 0 Å². The number of hydrogen-bond donors (Lipinski definition) is 2. The van der Waals surface area contributed by atoms with E-state index in [4.69, 9.17) is 0 Å². The van der Waals surface area contributed by atoms with Crippen molar-refractivity contribution in [2.24, 2.45) is 0 Å². The van der Waals surface area contributed by atoms with Crippen LogP contribution in [0.1, 0.15) is 6.42 Å². The fraction of sp³-hybridized carbons (Fsp3) is 0.600. The van der Waals surface area contributed by atoms with Gasteiger partial charge in [-0.2, -0.15) is 0 Å². The molecule has 0 aromatic heterocycles. The summed E-state index contributed by atoms with van der Waals surface area (Å²) >= 11 is 0. The van der Waals surface area contributed by atoms with Crippen molar-refractivity contribution in [3.8, 4) is 0 Å². The maximum absolute atomic E-state index is 11.6. The van der Waals surface area contributed by atoms with Crippen LogP contribution in [0.4, 0.5) is 4.39 Å². The summed E-state index contributed by atoms with van der Waals surface area (Å²) in [4.78, 5) is 0. The standard InChI is InChI=1S/C5H10FN3/c1-9-4-5(2-3-6)7-8-9/h4,7-8H,2-3H2,1H3. The molecule has 0 aromatic rings. The van der Waals surface area contributed by atoms with E-state index in [9.17, 15) is 4.39 Å². The highest BCUT2D eigenvalue weighted by atomic mass is 19.1. The first kappa shape index (κ1) is 6.35. The van der Waals surface area contributed by atoms with Gasteiger partial charge in [-0.25, -0.2) is 0 Å². The third kappa shape index (κ3) is 1.57. The van der Waals surface area contributed by atoms with E-state index in [1.54, 1.807) is 5.01 Å². The number of hydrazine groups is 2. The van der Waals surface area contributed by atoms with Crippen LogP contribution >= 0.6 is 0 Å². The second-order valence-corrected chi connectivity index (χ2v) is 1.94. The molecule has 1 rings (SSSR count). The van der Waals surface area contributed by atoms with Crippen LogP contribution < -0.4 is 11.0 Å². The third-order valence-electron chi connectivity index (χ3n) is 1.11. The molecule has 2 N–H and O–H groups in total. The molecule has 0 unspecified atom stereocenters. The number of allylic oxidation sites excluding steroid dienone is 1. The summed E-state index contributed by atoms with van der Waals surface area (Å²) in [5.41, 5.74) is 6.47. The maximum Gasteiger partial charge on any atom is 0.0950 e. The minimum Gasteiger partial charge on any atom is -0.306 e. The molecule has 0 amide bonds. The molecular formula is C5H10FN3. The fourth-order valence-electron chi connectivity index (χ4n) is 0.687. The lowest BCUT2D eigenvalue weighted by atomic mass is 10.4. The quantitative estimate of drug-likeness (QED) is 0.558. The van der Waals surface area contributed by atoms with E-state index in [1.807, 2.05) is 13.2 Å². The van der Waals surface area contributed by atoms with E-state index >= 15 is 0 Å². The van der Waals surface area contributed by atoms with Crippen molar-refractivity contribution >= 4 is 0 Å². The molecule has 9 heavy (non-hydrogen) atoms. The highest BCUT2D eigenvalue weighted by molar-refractivity contribution is 5.00. The summed E-state index contributed by atoms with van der Waals surface area (Å²) in [5.74, 6) is 0. The molecule has 0 saturated carbocycles. The number of rotatable bonds is 2.